The molecule has 2 N–H and O–H groups in total. The Morgan fingerprint density at radius 2 is 2.24 bits per heavy atom. The number of methoxy groups -OCH3 is 1. The van der Waals surface area contributed by atoms with Crippen molar-refractivity contribution in [2.75, 3.05) is 37.1 Å². The first kappa shape index (κ1) is 18.5. The van der Waals surface area contributed by atoms with Gasteiger partial charge >= 0.3 is 0 Å². The largest absolute Gasteiger partial charge is 0.383 e. The highest BCUT2D eigenvalue weighted by Gasteiger charge is 2.42. The monoisotopic (exact) mass is 403 g/mol. The van der Waals surface area contributed by atoms with E-state index in [-0.39, 0.29) is 28.7 Å². The van der Waals surface area contributed by atoms with Crippen molar-refractivity contribution in [2.24, 2.45) is 4.99 Å². The lowest BCUT2D eigenvalue weighted by atomic mass is 10.2. The van der Waals surface area contributed by atoms with Crippen molar-refractivity contribution in [3.8, 4) is 0 Å². The minimum Gasteiger partial charge on any atom is -0.383 e. The Hall–Kier alpha value is -1.29. The number of carbonyl (C=O) groups excluding carboxylic acids is 1. The van der Waals surface area contributed by atoms with Crippen LogP contribution in [0, 0.1) is 0 Å². The second kappa shape index (κ2) is 7.53. The maximum absolute atomic E-state index is 12.1. The third kappa shape index (κ3) is 4.46. The van der Waals surface area contributed by atoms with Gasteiger partial charge in [-0.15, -0.1) is 0 Å². The summed E-state index contributed by atoms with van der Waals surface area (Å²) in [6, 6.07) is 4.72. The lowest BCUT2D eigenvalue weighted by Crippen LogP contribution is -2.27. The Balaban J connectivity index is 1.69. The minimum absolute atomic E-state index is 0.0493. The fourth-order valence-corrected chi connectivity index (χ4v) is 6.50. The SMILES string of the molecule is COCCNC(=O)c1ccc(Cl)c(NC2=N[C@H]3CS(=O)(=O)C[C@H]3S2)c1. The van der Waals surface area contributed by atoms with Gasteiger partial charge in [-0.3, -0.25) is 9.79 Å². The number of ether oxygens (including phenoxy) is 1. The highest BCUT2D eigenvalue weighted by atomic mass is 35.5. The van der Waals surface area contributed by atoms with Gasteiger partial charge in [0, 0.05) is 24.5 Å². The fraction of sp³-hybridized carbons (Fsp3) is 0.467. The van der Waals surface area contributed by atoms with E-state index in [4.69, 9.17) is 16.3 Å². The molecule has 0 saturated carbocycles. The van der Waals surface area contributed by atoms with Gasteiger partial charge in [0.15, 0.2) is 15.0 Å². The molecule has 2 aliphatic rings. The average Bonchev–Trinajstić information content (AvgIpc) is 3.02. The number of nitrogens with one attached hydrogen (secondary N) is 2. The number of amides is 1. The first-order chi connectivity index (χ1) is 11.9. The molecule has 0 bridgehead atoms. The molecule has 25 heavy (non-hydrogen) atoms. The van der Waals surface area contributed by atoms with Crippen LogP contribution in [0.15, 0.2) is 23.2 Å². The quantitative estimate of drug-likeness (QED) is 0.721. The van der Waals surface area contributed by atoms with Crippen LogP contribution >= 0.6 is 23.4 Å². The number of sulfone groups is 1. The molecule has 2 aliphatic heterocycles. The van der Waals surface area contributed by atoms with Crippen molar-refractivity contribution in [2.45, 2.75) is 11.3 Å². The maximum atomic E-state index is 12.1. The maximum Gasteiger partial charge on any atom is 0.251 e. The molecule has 2 heterocycles. The van der Waals surface area contributed by atoms with E-state index in [0.29, 0.717) is 34.6 Å². The molecule has 0 aromatic heterocycles. The van der Waals surface area contributed by atoms with E-state index in [0.717, 1.165) is 0 Å². The van der Waals surface area contributed by atoms with E-state index in [2.05, 4.69) is 15.6 Å². The number of halogens is 1. The summed E-state index contributed by atoms with van der Waals surface area (Å²) in [6.07, 6.45) is 0. The topological polar surface area (TPSA) is 96.9 Å². The summed E-state index contributed by atoms with van der Waals surface area (Å²) in [5, 5.41) is 6.89. The number of amidine groups is 1. The van der Waals surface area contributed by atoms with Gasteiger partial charge in [0.25, 0.3) is 5.91 Å². The smallest absolute Gasteiger partial charge is 0.251 e. The van der Waals surface area contributed by atoms with E-state index < -0.39 is 9.84 Å². The van der Waals surface area contributed by atoms with Gasteiger partial charge in [0.05, 0.1) is 34.9 Å². The van der Waals surface area contributed by atoms with Gasteiger partial charge in [0.1, 0.15) is 0 Å². The van der Waals surface area contributed by atoms with Gasteiger partial charge in [-0.25, -0.2) is 8.42 Å². The van der Waals surface area contributed by atoms with Crippen LogP contribution in [0.2, 0.25) is 5.02 Å². The van der Waals surface area contributed by atoms with Crippen LogP contribution in [-0.2, 0) is 14.6 Å². The number of hydrogen-bond donors (Lipinski definition) is 2. The molecule has 1 aromatic rings. The van der Waals surface area contributed by atoms with Crippen molar-refractivity contribution < 1.29 is 17.9 Å². The zero-order valence-corrected chi connectivity index (χ0v) is 15.9. The standard InChI is InChI=1S/C15H18ClN3O4S2/c1-23-5-4-17-14(20)9-2-3-10(16)11(6-9)18-15-19-12-7-25(21,22)8-13(12)24-15/h2-3,6,12-13H,4-5,7-8H2,1H3,(H,17,20)(H,18,19)/t12-,13+/m0/s1. The lowest BCUT2D eigenvalue weighted by Gasteiger charge is -2.11. The third-order valence-electron chi connectivity index (χ3n) is 3.88. The molecule has 1 saturated heterocycles. The summed E-state index contributed by atoms with van der Waals surface area (Å²) in [6.45, 7) is 0.852. The highest BCUT2D eigenvalue weighted by Crippen LogP contribution is 2.35. The van der Waals surface area contributed by atoms with Crippen LogP contribution < -0.4 is 10.6 Å². The number of thioether (sulfide) groups is 1. The number of benzene rings is 1. The van der Waals surface area contributed by atoms with Crippen molar-refractivity contribution in [3.63, 3.8) is 0 Å². The highest BCUT2D eigenvalue weighted by molar-refractivity contribution is 8.15. The van der Waals surface area contributed by atoms with Crippen LogP contribution in [0.3, 0.4) is 0 Å². The van der Waals surface area contributed by atoms with Crippen molar-refractivity contribution >= 4 is 50.0 Å². The van der Waals surface area contributed by atoms with Crippen LogP contribution in [0.4, 0.5) is 5.69 Å². The predicted molar refractivity (Wildman–Crippen MR) is 101 cm³/mol. The van der Waals surface area contributed by atoms with E-state index in [9.17, 15) is 13.2 Å². The Kier molecular flexibility index (Phi) is 5.57. The summed E-state index contributed by atoms with van der Waals surface area (Å²) in [5.74, 6) is 0.0128. The molecule has 1 amide bonds. The normalized spacial score (nSPS) is 23.8. The first-order valence-electron chi connectivity index (χ1n) is 7.66. The van der Waals surface area contributed by atoms with Gasteiger partial charge < -0.3 is 15.4 Å². The Morgan fingerprint density at radius 1 is 1.44 bits per heavy atom. The fourth-order valence-electron chi connectivity index (χ4n) is 2.66. The number of aliphatic imine (C=N–C) groups is 1. The number of hydrogen-bond acceptors (Lipinski definition) is 7. The summed E-state index contributed by atoms with van der Waals surface area (Å²) in [7, 11) is -1.42. The van der Waals surface area contributed by atoms with Crippen LogP contribution in [0.5, 0.6) is 0 Å². The van der Waals surface area contributed by atoms with Crippen LogP contribution in [0.25, 0.3) is 0 Å². The first-order valence-corrected chi connectivity index (χ1v) is 10.7. The molecule has 136 valence electrons. The van der Waals surface area contributed by atoms with Crippen molar-refractivity contribution in [3.05, 3.63) is 28.8 Å². The number of fused-ring (bicyclic) bond motifs is 1. The van der Waals surface area contributed by atoms with Gasteiger partial charge in [-0.05, 0) is 18.2 Å². The summed E-state index contributed by atoms with van der Waals surface area (Å²) in [5.41, 5.74) is 1.03. The zero-order valence-electron chi connectivity index (χ0n) is 13.5. The Morgan fingerprint density at radius 3 is 2.96 bits per heavy atom. The van der Waals surface area contributed by atoms with Gasteiger partial charge in [0.2, 0.25) is 0 Å². The van der Waals surface area contributed by atoms with Crippen LogP contribution in [-0.4, -0.2) is 62.6 Å². The number of carbonyl (C=O) groups is 1. The second-order valence-corrected chi connectivity index (χ2v) is 9.59. The molecular weight excluding hydrogens is 386 g/mol. The van der Waals surface area contributed by atoms with E-state index >= 15 is 0 Å². The van der Waals surface area contributed by atoms with Gasteiger partial charge in [-0.2, -0.15) is 0 Å². The Labute approximate surface area is 155 Å². The average molecular weight is 404 g/mol. The summed E-state index contributed by atoms with van der Waals surface area (Å²) >= 11 is 7.60. The minimum atomic E-state index is -2.98. The molecule has 0 spiro atoms. The second-order valence-electron chi connectivity index (χ2n) is 5.80. The van der Waals surface area contributed by atoms with Crippen molar-refractivity contribution in [1.82, 2.24) is 5.32 Å². The predicted octanol–water partition coefficient (Wildman–Crippen LogP) is 1.40. The Bertz CT molecular complexity index is 813. The molecule has 0 unspecified atom stereocenters. The molecule has 1 aromatic carbocycles. The summed E-state index contributed by atoms with van der Waals surface area (Å²) in [4.78, 5) is 16.5. The van der Waals surface area contributed by atoms with E-state index in [1.807, 2.05) is 0 Å². The molecule has 3 rings (SSSR count). The molecule has 1 fully saturated rings. The lowest BCUT2D eigenvalue weighted by molar-refractivity contribution is 0.0937. The molecule has 7 nitrogen and oxygen atoms in total. The number of rotatable bonds is 5. The van der Waals surface area contributed by atoms with E-state index in [1.54, 1.807) is 25.3 Å². The molecule has 10 heteroatoms. The van der Waals surface area contributed by atoms with Crippen molar-refractivity contribution in [1.29, 1.82) is 0 Å². The molecule has 2 atom stereocenters. The zero-order chi connectivity index (χ0) is 18.0. The molecular formula is C15H18ClN3O4S2. The van der Waals surface area contributed by atoms with Gasteiger partial charge in [-0.1, -0.05) is 23.4 Å². The summed E-state index contributed by atoms with van der Waals surface area (Å²) < 4.78 is 28.1. The number of nitrogens with zero attached hydrogens (tertiary/aromatic N) is 1. The third-order valence-corrected chi connectivity index (χ3v) is 7.35. The number of anilines is 1. The van der Waals surface area contributed by atoms with Crippen LogP contribution in [0.1, 0.15) is 10.4 Å². The van der Waals surface area contributed by atoms with E-state index in [1.165, 1.54) is 11.8 Å². The molecule has 0 aliphatic carbocycles. The molecule has 0 radical (unpaired) electrons.